The zero-order valence-electron chi connectivity index (χ0n) is 11.3. The fourth-order valence-corrected chi connectivity index (χ4v) is 2.79. The maximum Gasteiger partial charge on any atom is 0.252 e. The number of alkyl halides is 1. The third-order valence-corrected chi connectivity index (χ3v) is 3.86. The molecule has 0 saturated carbocycles. The van der Waals surface area contributed by atoms with E-state index in [9.17, 15) is 9.18 Å². The van der Waals surface area contributed by atoms with Crippen LogP contribution in [-0.4, -0.2) is 17.3 Å². The van der Waals surface area contributed by atoms with Crippen molar-refractivity contribution in [1.82, 2.24) is 5.32 Å². The van der Waals surface area contributed by atoms with Crippen LogP contribution in [0.25, 0.3) is 10.8 Å². The lowest BCUT2D eigenvalue weighted by Crippen LogP contribution is -2.34. The first-order valence-electron chi connectivity index (χ1n) is 6.71. The van der Waals surface area contributed by atoms with Crippen molar-refractivity contribution < 1.29 is 9.18 Å². The number of hydrogen-bond acceptors (Lipinski definition) is 1. The highest BCUT2D eigenvalue weighted by Crippen LogP contribution is 2.22. The fourth-order valence-electron chi connectivity index (χ4n) is 2.23. The molecule has 106 valence electrons. The molecular weight excluding hydrogens is 321 g/mol. The van der Waals surface area contributed by atoms with E-state index in [1.54, 1.807) is 24.3 Å². The number of benzene rings is 2. The van der Waals surface area contributed by atoms with Gasteiger partial charge in [-0.05, 0) is 30.4 Å². The molecule has 1 unspecified atom stereocenters. The zero-order chi connectivity index (χ0) is 14.5. The van der Waals surface area contributed by atoms with Crippen LogP contribution in [0.5, 0.6) is 0 Å². The third kappa shape index (κ3) is 3.18. The van der Waals surface area contributed by atoms with Crippen LogP contribution < -0.4 is 5.32 Å². The lowest BCUT2D eigenvalue weighted by Gasteiger charge is -2.16. The number of carbonyl (C=O) groups excluding carboxylic acids is 1. The summed E-state index contributed by atoms with van der Waals surface area (Å²) in [5.41, 5.74) is 0.523. The van der Waals surface area contributed by atoms with Gasteiger partial charge in [0.1, 0.15) is 5.82 Å². The molecule has 1 atom stereocenters. The molecule has 0 aliphatic carbocycles. The van der Waals surface area contributed by atoms with Crippen molar-refractivity contribution in [1.29, 1.82) is 0 Å². The van der Waals surface area contributed by atoms with Gasteiger partial charge in [-0.3, -0.25) is 4.79 Å². The first-order valence-corrected chi connectivity index (χ1v) is 7.83. The van der Waals surface area contributed by atoms with Crippen LogP contribution in [0.1, 0.15) is 30.1 Å². The molecule has 0 radical (unpaired) electrons. The summed E-state index contributed by atoms with van der Waals surface area (Å²) in [6, 6.07) is 10.1. The molecule has 2 aromatic rings. The van der Waals surface area contributed by atoms with E-state index < -0.39 is 0 Å². The van der Waals surface area contributed by atoms with Crippen molar-refractivity contribution in [3.63, 3.8) is 0 Å². The van der Waals surface area contributed by atoms with Crippen molar-refractivity contribution in [2.45, 2.75) is 25.8 Å². The molecule has 2 rings (SSSR count). The molecule has 0 fully saturated rings. The van der Waals surface area contributed by atoms with Gasteiger partial charge in [0.15, 0.2) is 0 Å². The summed E-state index contributed by atoms with van der Waals surface area (Å²) in [5.74, 6) is -0.446. The van der Waals surface area contributed by atoms with Gasteiger partial charge in [-0.1, -0.05) is 47.1 Å². The summed E-state index contributed by atoms with van der Waals surface area (Å²) in [5, 5.41) is 4.98. The van der Waals surface area contributed by atoms with Gasteiger partial charge < -0.3 is 5.32 Å². The van der Waals surface area contributed by atoms with Crippen LogP contribution in [0, 0.1) is 5.82 Å². The van der Waals surface area contributed by atoms with Crippen LogP contribution in [0.3, 0.4) is 0 Å². The Labute approximate surface area is 126 Å². The van der Waals surface area contributed by atoms with Crippen molar-refractivity contribution in [2.24, 2.45) is 0 Å². The molecule has 0 spiro atoms. The minimum Gasteiger partial charge on any atom is -0.349 e. The van der Waals surface area contributed by atoms with Gasteiger partial charge in [0.05, 0.1) is 0 Å². The minimum atomic E-state index is -0.301. The minimum absolute atomic E-state index is 0.130. The second kappa shape index (κ2) is 6.84. The molecule has 0 saturated heterocycles. The van der Waals surface area contributed by atoms with Gasteiger partial charge in [-0.15, -0.1) is 0 Å². The summed E-state index contributed by atoms with van der Waals surface area (Å²) in [4.78, 5) is 12.4. The Kier molecular flexibility index (Phi) is 5.12. The first-order chi connectivity index (χ1) is 9.67. The van der Waals surface area contributed by atoms with Crippen molar-refractivity contribution in [2.75, 3.05) is 5.33 Å². The number of rotatable bonds is 5. The Hall–Kier alpha value is -1.42. The van der Waals surface area contributed by atoms with Crippen molar-refractivity contribution in [3.05, 3.63) is 47.8 Å². The smallest absolute Gasteiger partial charge is 0.252 e. The fraction of sp³-hybridized carbons (Fsp3) is 0.312. The molecule has 1 amide bonds. The van der Waals surface area contributed by atoms with E-state index in [-0.39, 0.29) is 17.8 Å². The predicted octanol–water partition coefficient (Wildman–Crippen LogP) is 4.27. The Morgan fingerprint density at radius 3 is 2.60 bits per heavy atom. The Balaban J connectivity index is 2.33. The Morgan fingerprint density at radius 1 is 1.25 bits per heavy atom. The van der Waals surface area contributed by atoms with Gasteiger partial charge in [0.25, 0.3) is 5.91 Å². The molecule has 2 nitrogen and oxygen atoms in total. The van der Waals surface area contributed by atoms with Crippen LogP contribution >= 0.6 is 15.9 Å². The Bertz CT molecular complexity index is 614. The van der Waals surface area contributed by atoms with Gasteiger partial charge in [0.2, 0.25) is 0 Å². The third-order valence-electron chi connectivity index (χ3n) is 3.40. The second-order valence-electron chi connectivity index (χ2n) is 4.70. The molecule has 0 heterocycles. The first kappa shape index (κ1) is 15.0. The predicted molar refractivity (Wildman–Crippen MR) is 83.9 cm³/mol. The zero-order valence-corrected chi connectivity index (χ0v) is 12.9. The van der Waals surface area contributed by atoms with Crippen LogP contribution in [0.2, 0.25) is 0 Å². The topological polar surface area (TPSA) is 29.1 Å². The highest BCUT2D eigenvalue weighted by Gasteiger charge is 2.15. The summed E-state index contributed by atoms with van der Waals surface area (Å²) in [6.07, 6.45) is 1.75. The van der Waals surface area contributed by atoms with Gasteiger partial charge in [-0.2, -0.15) is 0 Å². The van der Waals surface area contributed by atoms with E-state index in [1.165, 1.54) is 6.07 Å². The highest BCUT2D eigenvalue weighted by molar-refractivity contribution is 9.09. The largest absolute Gasteiger partial charge is 0.349 e. The van der Waals surface area contributed by atoms with Crippen LogP contribution in [0.15, 0.2) is 36.4 Å². The maximum absolute atomic E-state index is 13.7. The van der Waals surface area contributed by atoms with E-state index in [0.717, 1.165) is 18.2 Å². The molecule has 0 aliphatic rings. The van der Waals surface area contributed by atoms with Crippen LogP contribution in [0.4, 0.5) is 4.39 Å². The Morgan fingerprint density at radius 2 is 1.95 bits per heavy atom. The van der Waals surface area contributed by atoms with Crippen molar-refractivity contribution in [3.8, 4) is 0 Å². The number of hydrogen-bond donors (Lipinski definition) is 1. The monoisotopic (exact) mass is 337 g/mol. The molecule has 0 bridgehead atoms. The molecule has 20 heavy (non-hydrogen) atoms. The van der Waals surface area contributed by atoms with Crippen molar-refractivity contribution >= 4 is 32.6 Å². The lowest BCUT2D eigenvalue weighted by molar-refractivity contribution is 0.0937. The van der Waals surface area contributed by atoms with E-state index >= 15 is 0 Å². The maximum atomic E-state index is 13.7. The van der Waals surface area contributed by atoms with E-state index in [2.05, 4.69) is 21.2 Å². The summed E-state index contributed by atoms with van der Waals surface area (Å²) in [7, 11) is 0. The lowest BCUT2D eigenvalue weighted by atomic mass is 10.0. The van der Waals surface area contributed by atoms with Gasteiger partial charge in [-0.25, -0.2) is 4.39 Å². The molecule has 1 N–H and O–H groups in total. The quantitative estimate of drug-likeness (QED) is 0.811. The molecule has 2 aromatic carbocycles. The normalized spacial score (nSPS) is 12.3. The molecule has 0 aliphatic heterocycles. The average molecular weight is 338 g/mol. The highest BCUT2D eigenvalue weighted by atomic mass is 79.9. The van der Waals surface area contributed by atoms with Crippen LogP contribution in [-0.2, 0) is 0 Å². The second-order valence-corrected chi connectivity index (χ2v) is 5.49. The summed E-state index contributed by atoms with van der Waals surface area (Å²) >= 11 is 3.39. The number of carbonyl (C=O) groups is 1. The summed E-state index contributed by atoms with van der Waals surface area (Å²) < 4.78 is 13.7. The number of fused-ring (bicyclic) bond motifs is 1. The molecule has 4 heteroatoms. The number of halogens is 2. The SMILES string of the molecule is CCC(CCBr)NC(=O)c1ccc(F)c2ccccc12. The van der Waals surface area contributed by atoms with Gasteiger partial charge in [0, 0.05) is 22.3 Å². The van der Waals surface area contributed by atoms with E-state index in [4.69, 9.17) is 0 Å². The van der Waals surface area contributed by atoms with E-state index in [0.29, 0.717) is 16.3 Å². The standard InChI is InChI=1S/C16H17BrFNO/c1-2-11(9-10-17)19-16(20)14-7-8-15(18)13-6-4-3-5-12(13)14/h3-8,11H,2,9-10H2,1H3,(H,19,20). The molecule has 0 aromatic heterocycles. The molecular formula is C16H17BrFNO. The number of nitrogens with one attached hydrogen (secondary N) is 1. The van der Waals surface area contributed by atoms with E-state index in [1.807, 2.05) is 13.0 Å². The number of amides is 1. The van der Waals surface area contributed by atoms with Gasteiger partial charge >= 0.3 is 0 Å². The summed E-state index contributed by atoms with van der Waals surface area (Å²) in [6.45, 7) is 2.04. The average Bonchev–Trinajstić information content (AvgIpc) is 2.47.